The Morgan fingerprint density at radius 2 is 2.05 bits per heavy atom. The molecular weight excluding hydrogens is 280 g/mol. The molecule has 9 heteroatoms. The highest BCUT2D eigenvalue weighted by molar-refractivity contribution is 5.93. The molecule has 1 amide bonds. The molecule has 21 heavy (non-hydrogen) atoms. The van der Waals surface area contributed by atoms with E-state index in [9.17, 15) is 14.4 Å². The Kier molecular flexibility index (Phi) is 5.82. The van der Waals surface area contributed by atoms with E-state index in [0.717, 1.165) is 0 Å². The van der Waals surface area contributed by atoms with Crippen LogP contribution in [0.4, 0.5) is 0 Å². The van der Waals surface area contributed by atoms with Crippen LogP contribution in [0.5, 0.6) is 0 Å². The van der Waals surface area contributed by atoms with Crippen molar-refractivity contribution in [1.82, 2.24) is 20.5 Å². The van der Waals surface area contributed by atoms with Gasteiger partial charge in [-0.25, -0.2) is 9.78 Å². The van der Waals surface area contributed by atoms with Crippen LogP contribution in [-0.2, 0) is 14.3 Å². The average Bonchev–Trinajstić information content (AvgIpc) is 2.92. The van der Waals surface area contributed by atoms with Gasteiger partial charge in [0.2, 0.25) is 5.82 Å². The third kappa shape index (κ3) is 4.86. The Labute approximate surface area is 121 Å². The number of hydrogen-bond acceptors (Lipinski definition) is 6. The number of ether oxygens (including phenoxy) is 1. The maximum absolute atomic E-state index is 11.9. The predicted octanol–water partition coefficient (Wildman–Crippen LogP) is 0.0643. The number of aromatic nitrogens is 3. The quantitative estimate of drug-likeness (QED) is 0.606. The summed E-state index contributed by atoms with van der Waals surface area (Å²) in [5.74, 6) is -2.05. The highest BCUT2D eigenvalue weighted by Crippen LogP contribution is 2.08. The Hall–Kier alpha value is -2.45. The molecule has 1 aromatic rings. The number of esters is 1. The van der Waals surface area contributed by atoms with Gasteiger partial charge in [-0.15, -0.1) is 5.10 Å². The fraction of sp³-hybridized carbons (Fsp3) is 0.583. The number of carbonyl (C=O) groups is 3. The smallest absolute Gasteiger partial charge is 0.326 e. The zero-order chi connectivity index (χ0) is 16.0. The number of aromatic amines is 1. The molecule has 3 N–H and O–H groups in total. The van der Waals surface area contributed by atoms with Crippen molar-refractivity contribution in [3.05, 3.63) is 11.6 Å². The van der Waals surface area contributed by atoms with Crippen molar-refractivity contribution >= 4 is 17.8 Å². The number of nitrogens with zero attached hydrogens (tertiary/aromatic N) is 2. The van der Waals surface area contributed by atoms with Gasteiger partial charge in [0.25, 0.3) is 5.91 Å². The maximum atomic E-state index is 11.9. The van der Waals surface area contributed by atoms with Crippen molar-refractivity contribution in [3.63, 3.8) is 0 Å². The molecule has 1 atom stereocenters. The van der Waals surface area contributed by atoms with Crippen molar-refractivity contribution in [1.29, 1.82) is 0 Å². The number of rotatable bonds is 7. The van der Waals surface area contributed by atoms with E-state index in [1.807, 2.05) is 13.8 Å². The highest BCUT2D eigenvalue weighted by Gasteiger charge is 2.24. The second-order valence-electron chi connectivity index (χ2n) is 4.68. The Balaban J connectivity index is 2.67. The first-order valence-electron chi connectivity index (χ1n) is 6.38. The van der Waals surface area contributed by atoms with Crippen molar-refractivity contribution in [3.8, 4) is 0 Å². The molecule has 0 saturated heterocycles. The number of carboxylic acids is 1. The van der Waals surface area contributed by atoms with E-state index in [-0.39, 0.29) is 24.6 Å². The number of amides is 1. The van der Waals surface area contributed by atoms with Crippen LogP contribution in [0.15, 0.2) is 0 Å². The Morgan fingerprint density at radius 1 is 1.38 bits per heavy atom. The summed E-state index contributed by atoms with van der Waals surface area (Å²) in [7, 11) is 1.21. The maximum Gasteiger partial charge on any atom is 0.326 e. The van der Waals surface area contributed by atoms with E-state index in [4.69, 9.17) is 5.11 Å². The lowest BCUT2D eigenvalue weighted by Crippen LogP contribution is -2.41. The van der Waals surface area contributed by atoms with Gasteiger partial charge < -0.3 is 15.2 Å². The van der Waals surface area contributed by atoms with E-state index in [1.54, 1.807) is 0 Å². The Bertz CT molecular complexity index is 525. The molecule has 0 fully saturated rings. The normalized spacial score (nSPS) is 12.0. The molecule has 1 aromatic heterocycles. The number of hydrogen-bond donors (Lipinski definition) is 3. The summed E-state index contributed by atoms with van der Waals surface area (Å²) >= 11 is 0. The topological polar surface area (TPSA) is 134 Å². The zero-order valence-corrected chi connectivity index (χ0v) is 12.0. The number of aliphatic carboxylic acids is 1. The van der Waals surface area contributed by atoms with Crippen molar-refractivity contribution in [2.75, 3.05) is 7.11 Å². The summed E-state index contributed by atoms with van der Waals surface area (Å²) in [6.45, 7) is 3.75. The molecule has 1 heterocycles. The van der Waals surface area contributed by atoms with Gasteiger partial charge in [0, 0.05) is 12.3 Å². The molecule has 0 saturated carbocycles. The summed E-state index contributed by atoms with van der Waals surface area (Å²) in [6.07, 6.45) is -0.186. The minimum atomic E-state index is -1.24. The fourth-order valence-electron chi connectivity index (χ4n) is 1.48. The molecule has 0 aliphatic heterocycles. The number of nitrogens with one attached hydrogen (secondary N) is 2. The van der Waals surface area contributed by atoms with Gasteiger partial charge in [-0.1, -0.05) is 13.8 Å². The molecule has 0 bridgehead atoms. The number of H-pyrrole nitrogens is 1. The molecule has 0 spiro atoms. The lowest BCUT2D eigenvalue weighted by Gasteiger charge is -2.12. The summed E-state index contributed by atoms with van der Waals surface area (Å²) in [5.41, 5.74) is 0. The largest absolute Gasteiger partial charge is 0.480 e. The van der Waals surface area contributed by atoms with Crippen LogP contribution in [0.2, 0.25) is 0 Å². The second-order valence-corrected chi connectivity index (χ2v) is 4.68. The van der Waals surface area contributed by atoms with Crippen LogP contribution >= 0.6 is 0 Å². The standard InChI is InChI=1S/C12H18N4O5/c1-6(2)9-14-10(16-15-9)11(18)13-7(12(19)20)4-5-8(17)21-3/h6-7H,4-5H2,1-3H3,(H,13,18)(H,19,20)(H,14,15,16). The molecule has 0 aliphatic rings. The van der Waals surface area contributed by atoms with Gasteiger partial charge >= 0.3 is 11.9 Å². The molecule has 0 aliphatic carbocycles. The molecule has 9 nitrogen and oxygen atoms in total. The molecule has 0 radical (unpaired) electrons. The van der Waals surface area contributed by atoms with E-state index in [1.165, 1.54) is 7.11 Å². The average molecular weight is 298 g/mol. The first-order valence-corrected chi connectivity index (χ1v) is 6.38. The van der Waals surface area contributed by atoms with Gasteiger partial charge in [-0.3, -0.25) is 14.7 Å². The van der Waals surface area contributed by atoms with Crippen molar-refractivity contribution < 1.29 is 24.2 Å². The van der Waals surface area contributed by atoms with Crippen LogP contribution in [0.3, 0.4) is 0 Å². The molecule has 1 unspecified atom stereocenters. The zero-order valence-electron chi connectivity index (χ0n) is 12.0. The van der Waals surface area contributed by atoms with Gasteiger partial charge in [-0.05, 0) is 6.42 Å². The van der Waals surface area contributed by atoms with E-state index < -0.39 is 23.9 Å². The van der Waals surface area contributed by atoms with Gasteiger partial charge in [0.05, 0.1) is 7.11 Å². The Morgan fingerprint density at radius 3 is 2.52 bits per heavy atom. The summed E-state index contributed by atoms with van der Waals surface area (Å²) in [4.78, 5) is 37.9. The summed E-state index contributed by atoms with van der Waals surface area (Å²) in [5, 5.41) is 17.6. The van der Waals surface area contributed by atoms with Crippen LogP contribution in [0, 0.1) is 0 Å². The first kappa shape index (κ1) is 16.6. The highest BCUT2D eigenvalue weighted by atomic mass is 16.5. The fourth-order valence-corrected chi connectivity index (χ4v) is 1.48. The van der Waals surface area contributed by atoms with Gasteiger partial charge in [0.1, 0.15) is 11.9 Å². The van der Waals surface area contributed by atoms with E-state index in [0.29, 0.717) is 5.82 Å². The SMILES string of the molecule is COC(=O)CCC(NC(=O)c1n[nH]c(C(C)C)n1)C(=O)O. The van der Waals surface area contributed by atoms with Crippen LogP contribution < -0.4 is 5.32 Å². The number of carbonyl (C=O) groups excluding carboxylic acids is 2. The van der Waals surface area contributed by atoms with Crippen LogP contribution in [-0.4, -0.2) is 51.3 Å². The summed E-state index contributed by atoms with van der Waals surface area (Å²) < 4.78 is 4.43. The van der Waals surface area contributed by atoms with Crippen LogP contribution in [0.25, 0.3) is 0 Å². The lowest BCUT2D eigenvalue weighted by molar-refractivity contribution is -0.142. The summed E-state index contributed by atoms with van der Waals surface area (Å²) in [6, 6.07) is -1.21. The number of methoxy groups -OCH3 is 1. The molecule has 0 aromatic carbocycles. The van der Waals surface area contributed by atoms with E-state index in [2.05, 4.69) is 25.2 Å². The van der Waals surface area contributed by atoms with E-state index >= 15 is 0 Å². The monoisotopic (exact) mass is 298 g/mol. The van der Waals surface area contributed by atoms with Crippen molar-refractivity contribution in [2.45, 2.75) is 38.6 Å². The third-order valence-electron chi connectivity index (χ3n) is 2.72. The minimum Gasteiger partial charge on any atom is -0.480 e. The van der Waals surface area contributed by atoms with Crippen LogP contribution in [0.1, 0.15) is 49.1 Å². The molecular formula is C12H18N4O5. The van der Waals surface area contributed by atoms with Gasteiger partial charge in [-0.2, -0.15) is 0 Å². The molecule has 1 rings (SSSR count). The third-order valence-corrected chi connectivity index (χ3v) is 2.72. The minimum absolute atomic E-state index is 0.0636. The van der Waals surface area contributed by atoms with Crippen molar-refractivity contribution in [2.24, 2.45) is 0 Å². The lowest BCUT2D eigenvalue weighted by atomic mass is 10.1. The second kappa shape index (κ2) is 7.36. The van der Waals surface area contributed by atoms with Gasteiger partial charge in [0.15, 0.2) is 0 Å². The number of carboxylic acid groups (broad SMARTS) is 1. The first-order chi connectivity index (χ1) is 9.85. The predicted molar refractivity (Wildman–Crippen MR) is 70.6 cm³/mol. The molecule has 116 valence electrons.